The fraction of sp³-hybridized carbons (Fsp3) is 0.920. The van der Waals surface area contributed by atoms with E-state index in [1.165, 1.54) is 270 Å². The topological polar surface area (TPSA) is 0 Å². The number of hydrogen-bond acceptors (Lipinski definition) is 0. The van der Waals surface area contributed by atoms with E-state index in [-0.39, 0.29) is 0 Å². The molecule has 0 aliphatic heterocycles. The Morgan fingerprint density at radius 1 is 0.216 bits per heavy atom. The highest BCUT2D eigenvalue weighted by atomic mass is 31.1. The summed E-state index contributed by atoms with van der Waals surface area (Å²) in [5.74, 6) is 6.70. The fourth-order valence-corrected chi connectivity index (χ4v) is 7.95. The van der Waals surface area contributed by atoms with Crippen molar-refractivity contribution in [1.82, 2.24) is 0 Å². The van der Waals surface area contributed by atoms with Gasteiger partial charge in [-0.15, -0.1) is 0 Å². The zero-order valence-corrected chi connectivity index (χ0v) is 36.5. The van der Waals surface area contributed by atoms with Crippen LogP contribution in [-0.2, 0) is 0 Å². The molecule has 0 aromatic carbocycles. The van der Waals surface area contributed by atoms with Crippen molar-refractivity contribution >= 4 is 8.58 Å². The normalized spacial score (nSPS) is 11.0. The second kappa shape index (κ2) is 49.6. The third kappa shape index (κ3) is 49.5. The average Bonchev–Trinajstić information content (AvgIpc) is 3.14. The smallest absolute Gasteiger partial charge is 0.0972 e. The van der Waals surface area contributed by atoms with Crippen molar-refractivity contribution in [3.05, 3.63) is 0 Å². The Bertz CT molecular complexity index is 670. The minimum Gasteiger partial charge on any atom is -0.0972 e. The van der Waals surface area contributed by atoms with E-state index in [4.69, 9.17) is 0 Å². The van der Waals surface area contributed by atoms with Gasteiger partial charge in [-0.1, -0.05) is 294 Å². The van der Waals surface area contributed by atoms with Gasteiger partial charge in [0.2, 0.25) is 0 Å². The quantitative estimate of drug-likeness (QED) is 0.0334. The first-order chi connectivity index (χ1) is 25.4. The first kappa shape index (κ1) is 50.5. The van der Waals surface area contributed by atoms with Crippen LogP contribution in [0.1, 0.15) is 296 Å². The molecule has 0 nitrogen and oxygen atoms in total. The van der Waals surface area contributed by atoms with Crippen LogP contribution in [0.15, 0.2) is 0 Å². The maximum atomic E-state index is 3.35. The van der Waals surface area contributed by atoms with Crippen LogP contribution < -0.4 is 0 Å². The Labute approximate surface area is 327 Å². The third-order valence-electron chi connectivity index (χ3n) is 11.1. The van der Waals surface area contributed by atoms with E-state index in [1.54, 1.807) is 0 Å². The van der Waals surface area contributed by atoms with Gasteiger partial charge in [0.25, 0.3) is 0 Å². The lowest BCUT2D eigenvalue weighted by molar-refractivity contribution is 0.520. The van der Waals surface area contributed by atoms with Gasteiger partial charge in [0.05, 0.1) is 8.58 Å². The molecular formula is C50H94P. The molecule has 0 fully saturated rings. The number of hydrogen-bond donors (Lipinski definition) is 0. The number of unbranched alkanes of at least 4 members (excludes halogenated alkanes) is 42. The summed E-state index contributed by atoms with van der Waals surface area (Å²) in [6, 6.07) is 0. The van der Waals surface area contributed by atoms with Crippen LogP contribution in [0, 0.1) is 23.2 Å². The molecule has 299 valence electrons. The van der Waals surface area contributed by atoms with E-state index in [1.807, 2.05) is 0 Å². The van der Waals surface area contributed by atoms with Crippen LogP contribution in [0.25, 0.3) is 0 Å². The zero-order valence-electron chi connectivity index (χ0n) is 35.6. The van der Waals surface area contributed by atoms with E-state index in [9.17, 15) is 0 Å². The highest BCUT2D eigenvalue weighted by molar-refractivity contribution is 7.49. The van der Waals surface area contributed by atoms with Gasteiger partial charge in [-0.25, -0.2) is 0 Å². The van der Waals surface area contributed by atoms with Gasteiger partial charge in [0, 0.05) is 12.8 Å². The third-order valence-corrected chi connectivity index (χ3v) is 11.6. The van der Waals surface area contributed by atoms with Crippen LogP contribution in [0.4, 0.5) is 0 Å². The zero-order chi connectivity index (χ0) is 36.6. The van der Waals surface area contributed by atoms with Gasteiger partial charge in [0.15, 0.2) is 0 Å². The highest BCUT2D eigenvalue weighted by Crippen LogP contribution is 2.17. The Balaban J connectivity index is 3.18. The molecule has 0 saturated heterocycles. The Kier molecular flexibility index (Phi) is 49.1. The van der Waals surface area contributed by atoms with Crippen LogP contribution >= 0.6 is 8.58 Å². The second-order valence-electron chi connectivity index (χ2n) is 16.3. The molecule has 0 unspecified atom stereocenters. The van der Waals surface area contributed by atoms with Crippen LogP contribution in [-0.4, -0.2) is 0 Å². The summed E-state index contributed by atoms with van der Waals surface area (Å²) in [7, 11) is 1.02. The first-order valence-corrected chi connectivity index (χ1v) is 25.0. The van der Waals surface area contributed by atoms with Crippen molar-refractivity contribution in [2.24, 2.45) is 0 Å². The van der Waals surface area contributed by atoms with E-state index >= 15 is 0 Å². The molecule has 0 saturated carbocycles. The lowest BCUT2D eigenvalue weighted by Gasteiger charge is -2.04. The predicted molar refractivity (Wildman–Crippen MR) is 237 cm³/mol. The molecule has 1 heteroatoms. The lowest BCUT2D eigenvalue weighted by Crippen LogP contribution is -1.84. The summed E-state index contributed by atoms with van der Waals surface area (Å²) in [6.45, 7) is 4.61. The van der Waals surface area contributed by atoms with Crippen LogP contribution in [0.3, 0.4) is 0 Å². The predicted octanol–water partition coefficient (Wildman–Crippen LogP) is 19.1. The van der Waals surface area contributed by atoms with Gasteiger partial charge < -0.3 is 0 Å². The molecule has 0 amide bonds. The van der Waals surface area contributed by atoms with Gasteiger partial charge in [-0.3, -0.25) is 0 Å². The molecule has 0 aromatic heterocycles. The molecule has 51 heavy (non-hydrogen) atoms. The van der Waals surface area contributed by atoms with E-state index in [0.29, 0.717) is 0 Å². The Morgan fingerprint density at radius 3 is 0.549 bits per heavy atom. The molecule has 0 N–H and O–H groups in total. The lowest BCUT2D eigenvalue weighted by atomic mass is 10.0. The minimum absolute atomic E-state index is 1.02. The van der Waals surface area contributed by atoms with Crippen molar-refractivity contribution in [1.29, 1.82) is 0 Å². The molecule has 1 radical (unpaired) electrons. The largest absolute Gasteiger partial charge is 0.0995 e. The molecule has 0 rings (SSSR count). The van der Waals surface area contributed by atoms with Crippen molar-refractivity contribution < 1.29 is 0 Å². The van der Waals surface area contributed by atoms with E-state index < -0.39 is 0 Å². The Hall–Kier alpha value is -0.450. The SMILES string of the molecule is CCCCCCCCCCCCCCCCCCCCCCCC#C[P]C#CCCCCCCCCCCCCCCCCCCCCCCC. The summed E-state index contributed by atoms with van der Waals surface area (Å²) in [4.78, 5) is 0. The van der Waals surface area contributed by atoms with Gasteiger partial charge in [-0.05, 0) is 12.8 Å². The molecule has 0 spiro atoms. The van der Waals surface area contributed by atoms with Gasteiger partial charge in [-0.2, -0.15) is 0 Å². The van der Waals surface area contributed by atoms with Crippen molar-refractivity contribution in [2.45, 2.75) is 296 Å². The van der Waals surface area contributed by atoms with Crippen LogP contribution in [0.2, 0.25) is 0 Å². The maximum Gasteiger partial charge on any atom is 0.0995 e. The summed E-state index contributed by atoms with van der Waals surface area (Å²) < 4.78 is 0. The van der Waals surface area contributed by atoms with Crippen molar-refractivity contribution in [3.8, 4) is 23.2 Å². The molecule has 0 aromatic rings. The monoisotopic (exact) mass is 726 g/mol. The summed E-state index contributed by atoms with van der Waals surface area (Å²) in [5, 5.41) is 0. The molecule has 0 atom stereocenters. The second-order valence-corrected chi connectivity index (χ2v) is 17.0. The standard InChI is InChI=1S/C50H94P/c1-3-5-7-9-11-13-15-17-19-21-23-25-27-29-31-33-35-37-39-41-43-45-47-49-51-50-48-46-44-42-40-38-36-34-32-30-28-26-24-22-20-18-16-14-12-10-8-6-4-2/h3-46H2,1-2H3. The number of rotatable bonds is 42. The molecular weight excluding hydrogens is 632 g/mol. The molecule has 0 aliphatic carbocycles. The van der Waals surface area contributed by atoms with E-state index in [2.05, 4.69) is 37.0 Å². The molecule has 0 heterocycles. The first-order valence-electron chi connectivity index (χ1n) is 24.1. The summed E-state index contributed by atoms with van der Waals surface area (Å²) in [5.41, 5.74) is 6.52. The van der Waals surface area contributed by atoms with Gasteiger partial charge in [0.1, 0.15) is 0 Å². The summed E-state index contributed by atoms with van der Waals surface area (Å²) >= 11 is 0. The average molecular weight is 726 g/mol. The Morgan fingerprint density at radius 2 is 0.373 bits per heavy atom. The highest BCUT2D eigenvalue weighted by Gasteiger charge is 1.97. The molecule has 0 aliphatic rings. The van der Waals surface area contributed by atoms with E-state index in [0.717, 1.165) is 21.4 Å². The molecule has 0 bridgehead atoms. The van der Waals surface area contributed by atoms with Crippen molar-refractivity contribution in [2.75, 3.05) is 0 Å². The fourth-order valence-electron chi connectivity index (χ4n) is 7.51. The van der Waals surface area contributed by atoms with Crippen molar-refractivity contribution in [3.63, 3.8) is 0 Å². The minimum atomic E-state index is 1.02. The maximum absolute atomic E-state index is 3.35. The van der Waals surface area contributed by atoms with Crippen LogP contribution in [0.5, 0.6) is 0 Å². The van der Waals surface area contributed by atoms with Gasteiger partial charge >= 0.3 is 0 Å². The summed E-state index contributed by atoms with van der Waals surface area (Å²) in [6.07, 6.45) is 62.8.